The number of aromatic nitrogens is 2. The Morgan fingerprint density at radius 2 is 1.80 bits per heavy atom. The second kappa shape index (κ2) is 10.4. The van der Waals surface area contributed by atoms with Crippen molar-refractivity contribution in [3.63, 3.8) is 0 Å². The smallest absolute Gasteiger partial charge is 0.348 e. The Morgan fingerprint density at radius 3 is 2.46 bits per heavy atom. The lowest BCUT2D eigenvalue weighted by atomic mass is 9.99. The Morgan fingerprint density at radius 1 is 1.03 bits per heavy atom. The van der Waals surface area contributed by atoms with Crippen molar-refractivity contribution in [2.75, 3.05) is 20.8 Å². The SMILES string of the molecule is C#CCOc1ccc2c(c1)c(-c1ccc(C(C)C)cc1)nc(=O)n2Cc1cccc(OC)c1OC. The highest BCUT2D eigenvalue weighted by Crippen LogP contribution is 2.33. The number of ether oxygens (including phenoxy) is 3. The Hall–Kier alpha value is -4.24. The summed E-state index contributed by atoms with van der Waals surface area (Å²) in [5, 5.41) is 0.790. The molecule has 1 aromatic heterocycles. The predicted octanol–water partition coefficient (Wildman–Crippen LogP) is 5.26. The van der Waals surface area contributed by atoms with Crippen molar-refractivity contribution in [2.45, 2.75) is 26.3 Å². The molecule has 0 fully saturated rings. The first-order valence-electron chi connectivity index (χ1n) is 11.4. The highest BCUT2D eigenvalue weighted by atomic mass is 16.5. The largest absolute Gasteiger partial charge is 0.493 e. The molecule has 178 valence electrons. The maximum atomic E-state index is 13.3. The molecule has 4 aromatic rings. The lowest BCUT2D eigenvalue weighted by molar-refractivity contribution is 0.351. The summed E-state index contributed by atoms with van der Waals surface area (Å²) in [6.07, 6.45) is 5.37. The van der Waals surface area contributed by atoms with E-state index in [0.29, 0.717) is 28.9 Å². The summed E-state index contributed by atoms with van der Waals surface area (Å²) in [5.41, 5.74) is 3.85. The maximum Gasteiger partial charge on any atom is 0.348 e. The van der Waals surface area contributed by atoms with Gasteiger partial charge in [0.25, 0.3) is 0 Å². The molecule has 1 heterocycles. The molecule has 6 heteroatoms. The Kier molecular flexibility index (Phi) is 7.07. The molecule has 0 spiro atoms. The van der Waals surface area contributed by atoms with Crippen LogP contribution in [0.15, 0.2) is 65.5 Å². The number of hydrogen-bond donors (Lipinski definition) is 0. The number of terminal acetylenes is 1. The minimum Gasteiger partial charge on any atom is -0.493 e. The summed E-state index contributed by atoms with van der Waals surface area (Å²) in [6.45, 7) is 4.70. The van der Waals surface area contributed by atoms with Crippen LogP contribution >= 0.6 is 0 Å². The van der Waals surface area contributed by atoms with Gasteiger partial charge in [0, 0.05) is 16.5 Å². The molecule has 0 N–H and O–H groups in total. The minimum atomic E-state index is -0.359. The molecule has 0 unspecified atom stereocenters. The number of fused-ring (bicyclic) bond motifs is 1. The molecular formula is C29H28N2O4. The van der Waals surface area contributed by atoms with Gasteiger partial charge in [0.05, 0.1) is 32.0 Å². The van der Waals surface area contributed by atoms with Crippen LogP contribution in [0.2, 0.25) is 0 Å². The van der Waals surface area contributed by atoms with Crippen LogP contribution in [0.3, 0.4) is 0 Å². The van der Waals surface area contributed by atoms with Crippen LogP contribution in [0.5, 0.6) is 17.2 Å². The van der Waals surface area contributed by atoms with E-state index in [1.807, 2.05) is 48.5 Å². The number of benzene rings is 3. The van der Waals surface area contributed by atoms with E-state index >= 15 is 0 Å². The quantitative estimate of drug-likeness (QED) is 0.330. The third kappa shape index (κ3) is 4.85. The number of hydrogen-bond acceptors (Lipinski definition) is 5. The van der Waals surface area contributed by atoms with E-state index in [1.165, 1.54) is 5.56 Å². The molecule has 0 saturated carbocycles. The fraction of sp³-hybridized carbons (Fsp3) is 0.241. The first-order chi connectivity index (χ1) is 17.0. The average molecular weight is 469 g/mol. The maximum absolute atomic E-state index is 13.3. The fourth-order valence-electron chi connectivity index (χ4n) is 4.12. The molecule has 0 aliphatic heterocycles. The van der Waals surface area contributed by atoms with Crippen LogP contribution < -0.4 is 19.9 Å². The summed E-state index contributed by atoms with van der Waals surface area (Å²) in [7, 11) is 3.17. The number of para-hydroxylation sites is 1. The van der Waals surface area contributed by atoms with Gasteiger partial charge >= 0.3 is 5.69 Å². The minimum absolute atomic E-state index is 0.151. The summed E-state index contributed by atoms with van der Waals surface area (Å²) in [5.74, 6) is 4.68. The average Bonchev–Trinajstić information content (AvgIpc) is 2.88. The van der Waals surface area contributed by atoms with Crippen LogP contribution in [0.25, 0.3) is 22.2 Å². The van der Waals surface area contributed by atoms with Crippen LogP contribution in [0.4, 0.5) is 0 Å². The van der Waals surface area contributed by atoms with Crippen molar-refractivity contribution in [3.05, 3.63) is 82.3 Å². The standard InChI is InChI=1S/C29H28N2O4/c1-6-16-35-23-14-15-25-24(17-23)27(21-12-10-20(11-13-21)19(2)3)30-29(32)31(25)18-22-8-7-9-26(33-4)28(22)34-5/h1,7-15,17,19H,16,18H2,2-5H3. The van der Waals surface area contributed by atoms with Crippen molar-refractivity contribution in [1.29, 1.82) is 0 Å². The second-order valence-corrected chi connectivity index (χ2v) is 8.43. The van der Waals surface area contributed by atoms with Crippen LogP contribution in [0.1, 0.15) is 30.9 Å². The van der Waals surface area contributed by atoms with Gasteiger partial charge in [0.15, 0.2) is 11.5 Å². The third-order valence-electron chi connectivity index (χ3n) is 5.94. The molecule has 3 aromatic carbocycles. The lowest BCUT2D eigenvalue weighted by Crippen LogP contribution is -2.25. The van der Waals surface area contributed by atoms with Crippen LogP contribution in [-0.2, 0) is 6.54 Å². The number of methoxy groups -OCH3 is 2. The van der Waals surface area contributed by atoms with E-state index in [9.17, 15) is 4.79 Å². The van der Waals surface area contributed by atoms with Gasteiger partial charge < -0.3 is 14.2 Å². The predicted molar refractivity (Wildman–Crippen MR) is 139 cm³/mol. The highest BCUT2D eigenvalue weighted by Gasteiger charge is 2.17. The molecule has 0 atom stereocenters. The molecule has 4 rings (SSSR count). The highest BCUT2D eigenvalue weighted by molar-refractivity contribution is 5.93. The van der Waals surface area contributed by atoms with Gasteiger partial charge in [-0.05, 0) is 35.7 Å². The van der Waals surface area contributed by atoms with Gasteiger partial charge in [-0.1, -0.05) is 56.2 Å². The van der Waals surface area contributed by atoms with E-state index < -0.39 is 0 Å². The molecule has 0 aliphatic carbocycles. The monoisotopic (exact) mass is 468 g/mol. The van der Waals surface area contributed by atoms with E-state index in [1.54, 1.807) is 18.8 Å². The van der Waals surface area contributed by atoms with E-state index in [4.69, 9.17) is 20.6 Å². The van der Waals surface area contributed by atoms with Crippen molar-refractivity contribution in [2.24, 2.45) is 0 Å². The molecule has 35 heavy (non-hydrogen) atoms. The molecule has 0 aliphatic rings. The van der Waals surface area contributed by atoms with E-state index in [-0.39, 0.29) is 18.8 Å². The van der Waals surface area contributed by atoms with Gasteiger partial charge in [-0.2, -0.15) is 4.98 Å². The van der Waals surface area contributed by atoms with Gasteiger partial charge in [-0.3, -0.25) is 4.57 Å². The Balaban J connectivity index is 1.91. The molecule has 0 radical (unpaired) electrons. The molecule has 0 saturated heterocycles. The first-order valence-corrected chi connectivity index (χ1v) is 11.4. The summed E-state index contributed by atoms with van der Waals surface area (Å²) in [6, 6.07) is 19.3. The normalized spacial score (nSPS) is 10.9. The third-order valence-corrected chi connectivity index (χ3v) is 5.94. The van der Waals surface area contributed by atoms with E-state index in [2.05, 4.69) is 36.9 Å². The van der Waals surface area contributed by atoms with Crippen molar-refractivity contribution < 1.29 is 14.2 Å². The van der Waals surface area contributed by atoms with E-state index in [0.717, 1.165) is 22.0 Å². The number of nitrogens with zero attached hydrogens (tertiary/aromatic N) is 2. The lowest BCUT2D eigenvalue weighted by Gasteiger charge is -2.17. The van der Waals surface area contributed by atoms with Crippen molar-refractivity contribution in [3.8, 4) is 40.8 Å². The van der Waals surface area contributed by atoms with Crippen LogP contribution in [0, 0.1) is 12.3 Å². The summed E-state index contributed by atoms with van der Waals surface area (Å²) >= 11 is 0. The molecule has 0 amide bonds. The fourth-order valence-corrected chi connectivity index (χ4v) is 4.12. The molecule has 0 bridgehead atoms. The Labute approximate surface area is 205 Å². The summed E-state index contributed by atoms with van der Waals surface area (Å²) in [4.78, 5) is 17.8. The zero-order valence-corrected chi connectivity index (χ0v) is 20.4. The second-order valence-electron chi connectivity index (χ2n) is 8.43. The zero-order chi connectivity index (χ0) is 24.9. The van der Waals surface area contributed by atoms with Crippen LogP contribution in [-0.4, -0.2) is 30.4 Å². The first kappa shape index (κ1) is 23.9. The summed E-state index contributed by atoms with van der Waals surface area (Å²) < 4.78 is 18.3. The van der Waals surface area contributed by atoms with Gasteiger partial charge in [0.1, 0.15) is 12.4 Å². The topological polar surface area (TPSA) is 62.6 Å². The van der Waals surface area contributed by atoms with Crippen molar-refractivity contribution in [1.82, 2.24) is 9.55 Å². The van der Waals surface area contributed by atoms with Gasteiger partial charge in [-0.15, -0.1) is 6.42 Å². The zero-order valence-electron chi connectivity index (χ0n) is 20.4. The van der Waals surface area contributed by atoms with Crippen molar-refractivity contribution >= 4 is 10.9 Å². The molecular weight excluding hydrogens is 440 g/mol. The van der Waals surface area contributed by atoms with Gasteiger partial charge in [-0.25, -0.2) is 4.79 Å². The Bertz CT molecular complexity index is 1450. The number of rotatable bonds is 8. The van der Waals surface area contributed by atoms with Gasteiger partial charge in [0.2, 0.25) is 0 Å². The molecule has 6 nitrogen and oxygen atoms in total.